The molecule has 1 heterocycles. The molecule has 1 N–H and O–H groups in total. The summed E-state index contributed by atoms with van der Waals surface area (Å²) in [6.45, 7) is 1.28. The van der Waals surface area contributed by atoms with Crippen LogP contribution in [0, 0.1) is 11.8 Å². The number of hydrogen-bond acceptors (Lipinski definition) is 2. The van der Waals surface area contributed by atoms with Gasteiger partial charge in [0.05, 0.1) is 5.92 Å². The third kappa shape index (κ3) is 2.61. The maximum Gasteiger partial charge on any atom is 0.226 e. The molecule has 1 aliphatic carbocycles. The lowest BCUT2D eigenvalue weighted by Gasteiger charge is -2.24. The van der Waals surface area contributed by atoms with E-state index in [1.807, 2.05) is 18.2 Å². The molecule has 1 unspecified atom stereocenters. The summed E-state index contributed by atoms with van der Waals surface area (Å²) < 4.78 is 5.62. The summed E-state index contributed by atoms with van der Waals surface area (Å²) in [5.74, 6) is 1.58. The third-order valence-electron chi connectivity index (χ3n) is 3.56. The van der Waals surface area contributed by atoms with Crippen LogP contribution in [-0.4, -0.2) is 19.1 Å². The number of benzene rings is 1. The fourth-order valence-electron chi connectivity index (χ4n) is 2.24. The Morgan fingerprint density at radius 1 is 1.44 bits per heavy atom. The molecule has 3 nitrogen and oxygen atoms in total. The van der Waals surface area contributed by atoms with E-state index in [2.05, 4.69) is 5.32 Å². The lowest BCUT2D eigenvalue weighted by Crippen LogP contribution is -2.38. The summed E-state index contributed by atoms with van der Waals surface area (Å²) in [4.78, 5) is 12.0. The highest BCUT2D eigenvalue weighted by molar-refractivity contribution is 6.30. The first-order valence-corrected chi connectivity index (χ1v) is 6.79. The molecule has 0 radical (unpaired) electrons. The highest BCUT2D eigenvalue weighted by Gasteiger charge is 2.28. The molecule has 1 saturated carbocycles. The van der Waals surface area contributed by atoms with Gasteiger partial charge in [-0.15, -0.1) is 0 Å². The predicted molar refractivity (Wildman–Crippen MR) is 69.9 cm³/mol. The molecular formula is C14H16ClNO2. The average Bonchev–Trinajstić information content (AvgIpc) is 3.19. The first kappa shape index (κ1) is 11.8. The predicted octanol–water partition coefficient (Wildman–Crippen LogP) is 2.42. The molecule has 2 aliphatic rings. The maximum absolute atomic E-state index is 12.0. The maximum atomic E-state index is 12.0. The zero-order valence-corrected chi connectivity index (χ0v) is 10.9. The van der Waals surface area contributed by atoms with Crippen LogP contribution < -0.4 is 10.1 Å². The van der Waals surface area contributed by atoms with Crippen molar-refractivity contribution in [2.75, 3.05) is 13.2 Å². The normalized spacial score (nSPS) is 21.9. The van der Waals surface area contributed by atoms with E-state index in [4.69, 9.17) is 16.3 Å². The van der Waals surface area contributed by atoms with E-state index in [0.29, 0.717) is 24.0 Å². The Bertz CT molecular complexity index is 471. The van der Waals surface area contributed by atoms with E-state index in [1.165, 1.54) is 12.8 Å². The number of rotatable bonds is 3. The summed E-state index contributed by atoms with van der Waals surface area (Å²) in [5.41, 5.74) is 1.03. The van der Waals surface area contributed by atoms with Gasteiger partial charge in [-0.3, -0.25) is 4.79 Å². The number of ether oxygens (including phenoxy) is 1. The van der Waals surface area contributed by atoms with E-state index in [0.717, 1.165) is 17.9 Å². The fraction of sp³-hybridized carbons (Fsp3) is 0.500. The van der Waals surface area contributed by atoms with Gasteiger partial charge in [0.2, 0.25) is 5.91 Å². The topological polar surface area (TPSA) is 38.3 Å². The van der Waals surface area contributed by atoms with Crippen LogP contribution in [0.15, 0.2) is 18.2 Å². The van der Waals surface area contributed by atoms with Gasteiger partial charge in [0.1, 0.15) is 12.4 Å². The molecule has 1 atom stereocenters. The molecule has 18 heavy (non-hydrogen) atoms. The minimum atomic E-state index is -0.0882. The Hall–Kier alpha value is -1.22. The number of fused-ring (bicyclic) bond motifs is 1. The van der Waals surface area contributed by atoms with Crippen LogP contribution in [-0.2, 0) is 11.2 Å². The van der Waals surface area contributed by atoms with Crippen molar-refractivity contribution in [3.8, 4) is 5.75 Å². The first-order valence-electron chi connectivity index (χ1n) is 6.41. The Balaban J connectivity index is 1.63. The van der Waals surface area contributed by atoms with Crippen LogP contribution in [0.3, 0.4) is 0 Å². The van der Waals surface area contributed by atoms with Gasteiger partial charge in [-0.25, -0.2) is 0 Å². The third-order valence-corrected chi connectivity index (χ3v) is 3.80. The minimum Gasteiger partial charge on any atom is -0.492 e. The molecule has 3 rings (SSSR count). The average molecular weight is 266 g/mol. The zero-order valence-electron chi connectivity index (χ0n) is 10.1. The summed E-state index contributed by atoms with van der Waals surface area (Å²) in [6.07, 6.45) is 3.21. The van der Waals surface area contributed by atoms with Crippen LogP contribution in [0.4, 0.5) is 0 Å². The molecular weight excluding hydrogens is 250 g/mol. The molecule has 1 amide bonds. The summed E-state index contributed by atoms with van der Waals surface area (Å²) >= 11 is 5.96. The second-order valence-corrected chi connectivity index (χ2v) is 5.59. The number of carbonyl (C=O) groups excluding carboxylic acids is 1. The van der Waals surface area contributed by atoms with Gasteiger partial charge in [0.25, 0.3) is 0 Å². The standard InChI is InChI=1S/C14H16ClNO2/c15-12-3-4-13-10(6-12)5-11(8-18-13)14(17)16-7-9-1-2-9/h3-4,6,9,11H,1-2,5,7-8H2,(H,16,17). The minimum absolute atomic E-state index is 0.0882. The van der Waals surface area contributed by atoms with Crippen molar-refractivity contribution in [2.45, 2.75) is 19.3 Å². The molecule has 1 aliphatic heterocycles. The highest BCUT2D eigenvalue weighted by Crippen LogP contribution is 2.30. The summed E-state index contributed by atoms with van der Waals surface area (Å²) in [6, 6.07) is 5.57. The number of halogens is 1. The fourth-order valence-corrected chi connectivity index (χ4v) is 2.44. The molecule has 0 spiro atoms. The van der Waals surface area contributed by atoms with Gasteiger partial charge in [0, 0.05) is 11.6 Å². The smallest absolute Gasteiger partial charge is 0.226 e. The Morgan fingerprint density at radius 3 is 3.06 bits per heavy atom. The molecule has 0 aromatic heterocycles. The number of nitrogens with one attached hydrogen (secondary N) is 1. The van der Waals surface area contributed by atoms with Gasteiger partial charge in [0.15, 0.2) is 0 Å². The summed E-state index contributed by atoms with van der Waals surface area (Å²) in [7, 11) is 0. The molecule has 1 aromatic carbocycles. The van der Waals surface area contributed by atoms with Crippen LogP contribution in [0.1, 0.15) is 18.4 Å². The van der Waals surface area contributed by atoms with Crippen molar-refractivity contribution < 1.29 is 9.53 Å². The Kier molecular flexibility index (Phi) is 3.16. The zero-order chi connectivity index (χ0) is 12.5. The number of hydrogen-bond donors (Lipinski definition) is 1. The molecule has 0 bridgehead atoms. The Morgan fingerprint density at radius 2 is 2.28 bits per heavy atom. The molecule has 96 valence electrons. The van der Waals surface area contributed by atoms with Crippen molar-refractivity contribution >= 4 is 17.5 Å². The first-order chi connectivity index (χ1) is 8.72. The van der Waals surface area contributed by atoms with Gasteiger partial charge in [-0.1, -0.05) is 11.6 Å². The summed E-state index contributed by atoms with van der Waals surface area (Å²) in [5, 5.41) is 3.70. The molecule has 0 saturated heterocycles. The van der Waals surface area contributed by atoms with E-state index in [1.54, 1.807) is 0 Å². The van der Waals surface area contributed by atoms with E-state index in [9.17, 15) is 4.79 Å². The SMILES string of the molecule is O=C(NCC1CC1)C1COc2ccc(Cl)cc2C1. The largest absolute Gasteiger partial charge is 0.492 e. The number of carbonyl (C=O) groups is 1. The lowest BCUT2D eigenvalue weighted by atomic mass is 9.96. The second-order valence-electron chi connectivity index (χ2n) is 5.15. The van der Waals surface area contributed by atoms with Crippen molar-refractivity contribution in [1.82, 2.24) is 5.32 Å². The van der Waals surface area contributed by atoms with Crippen LogP contribution >= 0.6 is 11.6 Å². The highest BCUT2D eigenvalue weighted by atomic mass is 35.5. The second kappa shape index (κ2) is 4.81. The monoisotopic (exact) mass is 265 g/mol. The van der Waals surface area contributed by atoms with E-state index in [-0.39, 0.29) is 11.8 Å². The van der Waals surface area contributed by atoms with Crippen molar-refractivity contribution in [3.63, 3.8) is 0 Å². The van der Waals surface area contributed by atoms with Crippen LogP contribution in [0.2, 0.25) is 5.02 Å². The lowest BCUT2D eigenvalue weighted by molar-refractivity contribution is -0.126. The molecule has 4 heteroatoms. The number of amides is 1. The van der Waals surface area contributed by atoms with Crippen LogP contribution in [0.5, 0.6) is 5.75 Å². The van der Waals surface area contributed by atoms with Crippen molar-refractivity contribution in [1.29, 1.82) is 0 Å². The van der Waals surface area contributed by atoms with Gasteiger partial charge < -0.3 is 10.1 Å². The van der Waals surface area contributed by atoms with Gasteiger partial charge in [-0.05, 0) is 48.9 Å². The van der Waals surface area contributed by atoms with E-state index >= 15 is 0 Å². The quantitative estimate of drug-likeness (QED) is 0.912. The van der Waals surface area contributed by atoms with E-state index < -0.39 is 0 Å². The molecule has 1 fully saturated rings. The van der Waals surface area contributed by atoms with Gasteiger partial charge >= 0.3 is 0 Å². The van der Waals surface area contributed by atoms with Crippen LogP contribution in [0.25, 0.3) is 0 Å². The van der Waals surface area contributed by atoms with Crippen molar-refractivity contribution in [3.05, 3.63) is 28.8 Å². The Labute approximate surface area is 111 Å². The molecule has 1 aromatic rings. The van der Waals surface area contributed by atoms with Gasteiger partial charge in [-0.2, -0.15) is 0 Å². The van der Waals surface area contributed by atoms with Crippen molar-refractivity contribution in [2.24, 2.45) is 11.8 Å².